The van der Waals surface area contributed by atoms with E-state index in [0.717, 1.165) is 30.5 Å². The van der Waals surface area contributed by atoms with Crippen LogP contribution in [0.4, 0.5) is 31.1 Å². The fraction of sp³-hybridized carbons (Fsp3) is 0.280. The van der Waals surface area contributed by atoms with E-state index < -0.39 is 41.2 Å². The quantitative estimate of drug-likeness (QED) is 0.355. The maximum absolute atomic E-state index is 13.7. The first-order chi connectivity index (χ1) is 17.9. The van der Waals surface area contributed by atoms with Crippen LogP contribution in [0.15, 0.2) is 54.7 Å². The molecular formula is C25H23F6N3O4. The second-order valence-electron chi connectivity index (χ2n) is 7.85. The summed E-state index contributed by atoms with van der Waals surface area (Å²) < 4.78 is 95.9. The average Bonchev–Trinajstić information content (AvgIpc) is 2.89. The van der Waals surface area contributed by atoms with Crippen molar-refractivity contribution in [1.29, 1.82) is 0 Å². The number of hydrogen-bond acceptors (Lipinski definition) is 5. The highest BCUT2D eigenvalue weighted by Crippen LogP contribution is 2.39. The third-order valence-electron chi connectivity index (χ3n) is 5.44. The van der Waals surface area contributed by atoms with Crippen LogP contribution in [-0.4, -0.2) is 32.3 Å². The highest BCUT2D eigenvalue weighted by molar-refractivity contribution is 5.75. The van der Waals surface area contributed by atoms with Crippen molar-refractivity contribution in [2.24, 2.45) is 0 Å². The Morgan fingerprint density at radius 2 is 1.50 bits per heavy atom. The molecule has 1 aromatic heterocycles. The molecule has 38 heavy (non-hydrogen) atoms. The number of methoxy groups -OCH3 is 3. The summed E-state index contributed by atoms with van der Waals surface area (Å²) in [7, 11) is 4.22. The summed E-state index contributed by atoms with van der Waals surface area (Å²) in [6.45, 7) is -0.101. The molecule has 1 unspecified atom stereocenters. The Balaban J connectivity index is 1.91. The van der Waals surface area contributed by atoms with Crippen molar-refractivity contribution in [2.45, 2.75) is 24.9 Å². The van der Waals surface area contributed by atoms with Crippen molar-refractivity contribution in [3.8, 4) is 17.2 Å². The fourth-order valence-electron chi connectivity index (χ4n) is 3.66. The van der Waals surface area contributed by atoms with Crippen LogP contribution in [0.1, 0.15) is 34.0 Å². The van der Waals surface area contributed by atoms with E-state index in [1.165, 1.54) is 21.3 Å². The van der Waals surface area contributed by atoms with Crippen molar-refractivity contribution in [2.75, 3.05) is 21.3 Å². The molecule has 0 fully saturated rings. The van der Waals surface area contributed by atoms with Gasteiger partial charge in [0, 0.05) is 12.7 Å². The Kier molecular flexibility index (Phi) is 8.59. The normalized spacial score (nSPS) is 12.4. The van der Waals surface area contributed by atoms with Gasteiger partial charge in [-0.25, -0.2) is 4.79 Å². The molecule has 7 nitrogen and oxygen atoms in total. The molecule has 2 N–H and O–H groups in total. The number of alkyl halides is 6. The number of amides is 2. The van der Waals surface area contributed by atoms with Crippen molar-refractivity contribution in [3.05, 3.63) is 82.7 Å². The molecule has 13 heteroatoms. The Morgan fingerprint density at radius 3 is 2.00 bits per heavy atom. The van der Waals surface area contributed by atoms with E-state index >= 15 is 0 Å². The van der Waals surface area contributed by atoms with Gasteiger partial charge in [-0.15, -0.1) is 0 Å². The van der Waals surface area contributed by atoms with Gasteiger partial charge >= 0.3 is 18.4 Å². The van der Waals surface area contributed by atoms with Gasteiger partial charge in [0.25, 0.3) is 0 Å². The van der Waals surface area contributed by atoms with Crippen LogP contribution in [0.2, 0.25) is 0 Å². The minimum atomic E-state index is -4.83. The van der Waals surface area contributed by atoms with Crippen LogP contribution in [0, 0.1) is 0 Å². The number of rotatable bonds is 8. The van der Waals surface area contributed by atoms with Crippen molar-refractivity contribution < 1.29 is 45.3 Å². The second-order valence-corrected chi connectivity index (χ2v) is 7.85. The summed E-state index contributed by atoms with van der Waals surface area (Å²) in [5.74, 6) is 0.949. The molecule has 0 aliphatic heterocycles. The SMILES string of the molecule is COc1cc(CNC(=O)NC(c2ccc(C(F)(F)F)cc2)c2ncccc2C(F)(F)F)cc(OC)c1OC. The lowest BCUT2D eigenvalue weighted by atomic mass is 9.98. The van der Waals surface area contributed by atoms with Crippen LogP contribution in [-0.2, 0) is 18.9 Å². The summed E-state index contributed by atoms with van der Waals surface area (Å²) in [4.78, 5) is 16.6. The van der Waals surface area contributed by atoms with Crippen molar-refractivity contribution >= 4 is 6.03 Å². The van der Waals surface area contributed by atoms with Crippen molar-refractivity contribution in [1.82, 2.24) is 15.6 Å². The van der Waals surface area contributed by atoms with E-state index in [2.05, 4.69) is 15.6 Å². The van der Waals surface area contributed by atoms with Gasteiger partial charge in [-0.2, -0.15) is 26.3 Å². The van der Waals surface area contributed by atoms with Gasteiger partial charge in [-0.1, -0.05) is 12.1 Å². The summed E-state index contributed by atoms with van der Waals surface area (Å²) in [6.07, 6.45) is -8.39. The van der Waals surface area contributed by atoms with Gasteiger partial charge < -0.3 is 24.8 Å². The van der Waals surface area contributed by atoms with E-state index in [1.807, 2.05) is 0 Å². The Labute approximate surface area is 213 Å². The molecular weight excluding hydrogens is 520 g/mol. The van der Waals surface area contributed by atoms with Crippen LogP contribution in [0.5, 0.6) is 17.2 Å². The van der Waals surface area contributed by atoms with Crippen LogP contribution in [0.3, 0.4) is 0 Å². The summed E-state index contributed by atoms with van der Waals surface area (Å²) in [6, 6.07) is 5.96. The zero-order valence-electron chi connectivity index (χ0n) is 20.3. The summed E-state index contributed by atoms with van der Waals surface area (Å²) >= 11 is 0. The minimum absolute atomic E-state index is 0.0369. The zero-order valence-corrected chi connectivity index (χ0v) is 20.3. The van der Waals surface area contributed by atoms with E-state index in [9.17, 15) is 31.1 Å². The van der Waals surface area contributed by atoms with Gasteiger partial charge in [-0.05, 0) is 47.5 Å². The number of hydrogen-bond donors (Lipinski definition) is 2. The number of carbonyl (C=O) groups excluding carboxylic acids is 1. The van der Waals surface area contributed by atoms with E-state index in [4.69, 9.17) is 14.2 Å². The van der Waals surface area contributed by atoms with Gasteiger partial charge in [0.05, 0.1) is 44.2 Å². The molecule has 2 aromatic carbocycles. The number of carbonyl (C=O) groups is 1. The first kappa shape index (κ1) is 28.4. The average molecular weight is 543 g/mol. The largest absolute Gasteiger partial charge is 0.493 e. The van der Waals surface area contributed by atoms with Crippen LogP contribution >= 0.6 is 0 Å². The lowest BCUT2D eigenvalue weighted by Gasteiger charge is -2.23. The standard InChI is InChI=1S/C25H23F6N3O4/c1-36-18-11-14(12-19(37-2)22(18)38-3)13-33-23(35)34-20(15-6-8-16(9-7-15)24(26,27)28)21-17(25(29,30)31)5-4-10-32-21/h4-12,20H,13H2,1-3H3,(H2,33,34,35). The highest BCUT2D eigenvalue weighted by Gasteiger charge is 2.37. The summed E-state index contributed by atoms with van der Waals surface area (Å²) in [5, 5.41) is 4.90. The molecule has 3 aromatic rings. The van der Waals surface area contributed by atoms with Gasteiger partial charge in [0.2, 0.25) is 5.75 Å². The molecule has 0 radical (unpaired) electrons. The molecule has 0 spiro atoms. The molecule has 2 amide bonds. The number of ether oxygens (including phenoxy) is 3. The van der Waals surface area contributed by atoms with Crippen molar-refractivity contribution in [3.63, 3.8) is 0 Å². The predicted molar refractivity (Wildman–Crippen MR) is 124 cm³/mol. The van der Waals surface area contributed by atoms with Gasteiger partial charge in [0.1, 0.15) is 0 Å². The first-order valence-corrected chi connectivity index (χ1v) is 10.9. The van der Waals surface area contributed by atoms with E-state index in [0.29, 0.717) is 34.9 Å². The monoisotopic (exact) mass is 543 g/mol. The molecule has 1 atom stereocenters. The van der Waals surface area contributed by atoms with Gasteiger partial charge in [0.15, 0.2) is 11.5 Å². The second kappa shape index (κ2) is 11.5. The van der Waals surface area contributed by atoms with E-state index in [-0.39, 0.29) is 12.1 Å². The third-order valence-corrected chi connectivity index (χ3v) is 5.44. The van der Waals surface area contributed by atoms with Crippen LogP contribution < -0.4 is 24.8 Å². The minimum Gasteiger partial charge on any atom is -0.493 e. The smallest absolute Gasteiger partial charge is 0.418 e. The Bertz CT molecular complexity index is 1240. The molecule has 0 saturated heterocycles. The number of urea groups is 1. The molecule has 0 aliphatic rings. The molecule has 0 aliphatic carbocycles. The lowest BCUT2D eigenvalue weighted by molar-refractivity contribution is -0.139. The molecule has 0 saturated carbocycles. The Morgan fingerprint density at radius 1 is 0.895 bits per heavy atom. The highest BCUT2D eigenvalue weighted by atomic mass is 19.4. The molecule has 204 valence electrons. The zero-order chi connectivity index (χ0) is 28.1. The fourth-order valence-corrected chi connectivity index (χ4v) is 3.66. The number of aromatic nitrogens is 1. The number of nitrogens with one attached hydrogen (secondary N) is 2. The molecule has 1 heterocycles. The van der Waals surface area contributed by atoms with Crippen LogP contribution in [0.25, 0.3) is 0 Å². The lowest BCUT2D eigenvalue weighted by Crippen LogP contribution is -2.39. The molecule has 0 bridgehead atoms. The number of halogens is 6. The van der Waals surface area contributed by atoms with E-state index in [1.54, 1.807) is 12.1 Å². The maximum atomic E-state index is 13.7. The topological polar surface area (TPSA) is 81.7 Å². The number of nitrogens with zero attached hydrogens (tertiary/aromatic N) is 1. The molecule has 3 rings (SSSR count). The number of pyridine rings is 1. The first-order valence-electron chi connectivity index (χ1n) is 10.9. The van der Waals surface area contributed by atoms with Gasteiger partial charge in [-0.3, -0.25) is 4.98 Å². The third kappa shape index (κ3) is 6.58. The summed E-state index contributed by atoms with van der Waals surface area (Å²) in [5.41, 5.74) is -2.25. The predicted octanol–water partition coefficient (Wildman–Crippen LogP) is 5.73. The maximum Gasteiger partial charge on any atom is 0.418 e. The Hall–Kier alpha value is -4.16. The number of benzene rings is 2.